The molecule has 5 nitrogen and oxygen atoms in total. The van der Waals surface area contributed by atoms with Gasteiger partial charge in [-0.2, -0.15) is 0 Å². The van der Waals surface area contributed by atoms with E-state index >= 15 is 0 Å². The van der Waals surface area contributed by atoms with E-state index in [-0.39, 0.29) is 5.91 Å². The number of likely N-dealkylation sites (tertiary alicyclic amines) is 1. The van der Waals surface area contributed by atoms with Gasteiger partial charge < -0.3 is 21.3 Å². The summed E-state index contributed by atoms with van der Waals surface area (Å²) in [5.74, 6) is -0.0599. The van der Waals surface area contributed by atoms with Crippen molar-refractivity contribution in [3.8, 4) is 0 Å². The maximum absolute atomic E-state index is 11.9. The third-order valence-electron chi connectivity index (χ3n) is 4.10. The van der Waals surface area contributed by atoms with Crippen LogP contribution in [0.4, 0.5) is 11.4 Å². The molecule has 21 heavy (non-hydrogen) atoms. The van der Waals surface area contributed by atoms with E-state index in [1.54, 1.807) is 12.1 Å². The maximum Gasteiger partial charge on any atom is 0.251 e. The van der Waals surface area contributed by atoms with Crippen molar-refractivity contribution in [1.29, 1.82) is 0 Å². The maximum atomic E-state index is 11.9. The molecule has 1 amide bonds. The zero-order valence-corrected chi connectivity index (χ0v) is 13.0. The first-order chi connectivity index (χ1) is 10.1. The van der Waals surface area contributed by atoms with Crippen LogP contribution in [0, 0.1) is 0 Å². The largest absolute Gasteiger partial charge is 0.397 e. The van der Waals surface area contributed by atoms with E-state index in [9.17, 15) is 4.79 Å². The summed E-state index contributed by atoms with van der Waals surface area (Å²) in [6.07, 6.45) is 3.77. The molecule has 116 valence electrons. The molecular weight excluding hydrogens is 264 g/mol. The minimum atomic E-state index is -0.0599. The Balaban J connectivity index is 2.01. The number of nitrogen functional groups attached to an aromatic ring is 1. The van der Waals surface area contributed by atoms with Gasteiger partial charge in [0.15, 0.2) is 0 Å². The van der Waals surface area contributed by atoms with Crippen LogP contribution < -0.4 is 16.4 Å². The predicted octanol–water partition coefficient (Wildman–Crippen LogP) is 1.91. The van der Waals surface area contributed by atoms with Gasteiger partial charge in [-0.05, 0) is 51.6 Å². The minimum Gasteiger partial charge on any atom is -0.397 e. The fourth-order valence-electron chi connectivity index (χ4n) is 2.74. The fraction of sp³-hybridized carbons (Fsp3) is 0.562. The van der Waals surface area contributed by atoms with Crippen molar-refractivity contribution in [3.05, 3.63) is 23.8 Å². The van der Waals surface area contributed by atoms with Crippen molar-refractivity contribution in [2.24, 2.45) is 0 Å². The summed E-state index contributed by atoms with van der Waals surface area (Å²) in [7, 11) is 2.17. The standard InChI is InChI=1S/C16H26N4O/c1-3-18-16(21)12-7-8-14(17)15(10-12)19-11-13-6-4-5-9-20(13)2/h7-8,10,13,19H,3-6,9,11,17H2,1-2H3,(H,18,21). The van der Waals surface area contributed by atoms with E-state index in [2.05, 4.69) is 22.6 Å². The molecule has 5 heteroatoms. The number of hydrogen-bond donors (Lipinski definition) is 3. The summed E-state index contributed by atoms with van der Waals surface area (Å²) < 4.78 is 0. The normalized spacial score (nSPS) is 19.2. The van der Waals surface area contributed by atoms with Crippen molar-refractivity contribution in [2.75, 3.05) is 37.7 Å². The van der Waals surface area contributed by atoms with E-state index < -0.39 is 0 Å². The van der Waals surface area contributed by atoms with Crippen LogP contribution in [0.3, 0.4) is 0 Å². The number of nitrogens with zero attached hydrogens (tertiary/aromatic N) is 1. The first-order valence-corrected chi connectivity index (χ1v) is 7.73. The van der Waals surface area contributed by atoms with Gasteiger partial charge in [-0.1, -0.05) is 6.42 Å². The molecule has 1 saturated heterocycles. The van der Waals surface area contributed by atoms with Crippen molar-refractivity contribution in [2.45, 2.75) is 32.2 Å². The summed E-state index contributed by atoms with van der Waals surface area (Å²) in [5, 5.41) is 6.21. The number of likely N-dealkylation sites (N-methyl/N-ethyl adjacent to an activating group) is 1. The average molecular weight is 290 g/mol. The monoisotopic (exact) mass is 290 g/mol. The Bertz CT molecular complexity index is 489. The topological polar surface area (TPSA) is 70.4 Å². The van der Waals surface area contributed by atoms with Crippen LogP contribution in [0.5, 0.6) is 0 Å². The quantitative estimate of drug-likeness (QED) is 0.725. The second-order valence-electron chi connectivity index (χ2n) is 5.67. The van der Waals surface area contributed by atoms with Gasteiger partial charge in [0.2, 0.25) is 0 Å². The van der Waals surface area contributed by atoms with Gasteiger partial charge in [0, 0.05) is 24.7 Å². The highest BCUT2D eigenvalue weighted by Gasteiger charge is 2.18. The number of benzene rings is 1. The number of carbonyl (C=O) groups excluding carboxylic acids is 1. The molecule has 0 saturated carbocycles. The van der Waals surface area contributed by atoms with Crippen molar-refractivity contribution in [3.63, 3.8) is 0 Å². The van der Waals surface area contributed by atoms with E-state index in [4.69, 9.17) is 5.73 Å². The lowest BCUT2D eigenvalue weighted by molar-refractivity contribution is 0.0956. The van der Waals surface area contributed by atoms with Gasteiger partial charge in [-0.15, -0.1) is 0 Å². The van der Waals surface area contributed by atoms with Crippen molar-refractivity contribution >= 4 is 17.3 Å². The summed E-state index contributed by atoms with van der Waals surface area (Å²) in [5.41, 5.74) is 8.18. The number of piperidine rings is 1. The number of amides is 1. The Kier molecular flexibility index (Phi) is 5.44. The van der Waals surface area contributed by atoms with Crippen LogP contribution in [0.1, 0.15) is 36.5 Å². The molecule has 1 aliphatic heterocycles. The van der Waals surface area contributed by atoms with Crippen LogP contribution in [0.2, 0.25) is 0 Å². The van der Waals surface area contributed by atoms with Gasteiger partial charge in [0.1, 0.15) is 0 Å². The summed E-state index contributed by atoms with van der Waals surface area (Å²) in [6, 6.07) is 5.92. The van der Waals surface area contributed by atoms with Gasteiger partial charge in [0.05, 0.1) is 11.4 Å². The lowest BCUT2D eigenvalue weighted by Crippen LogP contribution is -2.40. The van der Waals surface area contributed by atoms with Crippen LogP contribution >= 0.6 is 0 Å². The molecule has 1 fully saturated rings. The molecule has 0 spiro atoms. The molecule has 4 N–H and O–H groups in total. The van der Waals surface area contributed by atoms with E-state index in [0.717, 1.165) is 18.8 Å². The van der Waals surface area contributed by atoms with Crippen LogP contribution in [0.15, 0.2) is 18.2 Å². The van der Waals surface area contributed by atoms with Crippen molar-refractivity contribution in [1.82, 2.24) is 10.2 Å². The molecular formula is C16H26N4O. The highest BCUT2D eigenvalue weighted by atomic mass is 16.1. The fourth-order valence-corrected chi connectivity index (χ4v) is 2.74. The molecule has 1 aromatic rings. The highest BCUT2D eigenvalue weighted by Crippen LogP contribution is 2.22. The Hall–Kier alpha value is -1.75. The average Bonchev–Trinajstić information content (AvgIpc) is 2.48. The Labute approximate surface area is 126 Å². The molecule has 1 heterocycles. The smallest absolute Gasteiger partial charge is 0.251 e. The summed E-state index contributed by atoms with van der Waals surface area (Å²) >= 11 is 0. The highest BCUT2D eigenvalue weighted by molar-refractivity contribution is 5.96. The van der Waals surface area contributed by atoms with E-state index in [0.29, 0.717) is 23.8 Å². The third kappa shape index (κ3) is 4.11. The Morgan fingerprint density at radius 1 is 1.43 bits per heavy atom. The number of nitrogens with one attached hydrogen (secondary N) is 2. The number of anilines is 2. The van der Waals surface area contributed by atoms with E-state index in [1.807, 2.05) is 13.0 Å². The first-order valence-electron chi connectivity index (χ1n) is 7.73. The van der Waals surface area contributed by atoms with E-state index in [1.165, 1.54) is 19.3 Å². The predicted molar refractivity (Wildman–Crippen MR) is 87.6 cm³/mol. The Morgan fingerprint density at radius 3 is 2.95 bits per heavy atom. The minimum absolute atomic E-state index is 0.0599. The molecule has 0 aliphatic carbocycles. The third-order valence-corrected chi connectivity index (χ3v) is 4.10. The summed E-state index contributed by atoms with van der Waals surface area (Å²) in [4.78, 5) is 14.3. The second-order valence-corrected chi connectivity index (χ2v) is 5.67. The second kappa shape index (κ2) is 7.31. The first kappa shape index (κ1) is 15.6. The lowest BCUT2D eigenvalue weighted by Gasteiger charge is -2.32. The number of nitrogens with two attached hydrogens (primary N) is 1. The molecule has 0 bridgehead atoms. The van der Waals surface area contributed by atoms with Crippen LogP contribution in [0.25, 0.3) is 0 Å². The zero-order chi connectivity index (χ0) is 15.2. The van der Waals surface area contributed by atoms with Crippen LogP contribution in [-0.4, -0.2) is 43.5 Å². The molecule has 0 radical (unpaired) electrons. The van der Waals surface area contributed by atoms with Gasteiger partial charge in [0.25, 0.3) is 5.91 Å². The lowest BCUT2D eigenvalue weighted by atomic mass is 10.0. The molecule has 1 aromatic carbocycles. The number of rotatable bonds is 5. The van der Waals surface area contributed by atoms with Crippen LogP contribution in [-0.2, 0) is 0 Å². The Morgan fingerprint density at radius 2 is 2.24 bits per heavy atom. The zero-order valence-electron chi connectivity index (χ0n) is 13.0. The molecule has 1 aliphatic rings. The van der Waals surface area contributed by atoms with Crippen molar-refractivity contribution < 1.29 is 4.79 Å². The summed E-state index contributed by atoms with van der Waals surface area (Å²) in [6.45, 7) is 4.55. The SMILES string of the molecule is CCNC(=O)c1ccc(N)c(NCC2CCCCN2C)c1. The van der Waals surface area contributed by atoms with Gasteiger partial charge in [-0.3, -0.25) is 4.79 Å². The molecule has 2 rings (SSSR count). The van der Waals surface area contributed by atoms with Gasteiger partial charge in [-0.25, -0.2) is 0 Å². The number of hydrogen-bond acceptors (Lipinski definition) is 4. The molecule has 1 unspecified atom stereocenters. The molecule has 1 atom stereocenters. The van der Waals surface area contributed by atoms with Gasteiger partial charge >= 0.3 is 0 Å². The molecule has 0 aromatic heterocycles. The number of carbonyl (C=O) groups is 1.